The molecule has 0 aliphatic carbocycles. The standard InChI is InChI=1S/C12H25NO/c1-9(2)6-7-12(5)8-13-10(3)11(4)14-12/h9-11,13H,6-8H2,1-5H3. The summed E-state index contributed by atoms with van der Waals surface area (Å²) < 4.78 is 6.07. The van der Waals surface area contributed by atoms with Gasteiger partial charge in [0, 0.05) is 12.6 Å². The van der Waals surface area contributed by atoms with Crippen molar-refractivity contribution in [2.75, 3.05) is 6.54 Å². The average molecular weight is 199 g/mol. The van der Waals surface area contributed by atoms with Gasteiger partial charge in [-0.2, -0.15) is 0 Å². The molecule has 0 radical (unpaired) electrons. The molecule has 0 aromatic heterocycles. The Balaban J connectivity index is 2.41. The van der Waals surface area contributed by atoms with E-state index >= 15 is 0 Å². The van der Waals surface area contributed by atoms with Crippen molar-refractivity contribution < 1.29 is 4.74 Å². The minimum atomic E-state index is 0.0518. The first-order valence-corrected chi connectivity index (χ1v) is 5.84. The van der Waals surface area contributed by atoms with Gasteiger partial charge in [0.05, 0.1) is 11.7 Å². The maximum atomic E-state index is 6.07. The van der Waals surface area contributed by atoms with Gasteiger partial charge >= 0.3 is 0 Å². The summed E-state index contributed by atoms with van der Waals surface area (Å²) in [5.74, 6) is 0.769. The molecule has 1 fully saturated rings. The van der Waals surface area contributed by atoms with Crippen molar-refractivity contribution in [2.24, 2.45) is 5.92 Å². The van der Waals surface area contributed by atoms with Gasteiger partial charge in [0.2, 0.25) is 0 Å². The number of morpholine rings is 1. The fourth-order valence-electron chi connectivity index (χ4n) is 1.88. The Morgan fingerprint density at radius 1 is 1.43 bits per heavy atom. The van der Waals surface area contributed by atoms with E-state index in [-0.39, 0.29) is 5.60 Å². The molecule has 3 unspecified atom stereocenters. The van der Waals surface area contributed by atoms with E-state index in [0.29, 0.717) is 12.1 Å². The Morgan fingerprint density at radius 3 is 2.57 bits per heavy atom. The summed E-state index contributed by atoms with van der Waals surface area (Å²) in [5.41, 5.74) is 0.0518. The molecule has 1 saturated heterocycles. The highest BCUT2D eigenvalue weighted by molar-refractivity contribution is 4.88. The minimum absolute atomic E-state index is 0.0518. The summed E-state index contributed by atoms with van der Waals surface area (Å²) in [4.78, 5) is 0. The van der Waals surface area contributed by atoms with E-state index in [2.05, 4.69) is 39.9 Å². The fourth-order valence-corrected chi connectivity index (χ4v) is 1.88. The van der Waals surface area contributed by atoms with Gasteiger partial charge in [0.15, 0.2) is 0 Å². The van der Waals surface area contributed by atoms with Gasteiger partial charge in [-0.1, -0.05) is 13.8 Å². The lowest BCUT2D eigenvalue weighted by atomic mass is 9.92. The molecule has 0 aromatic rings. The Morgan fingerprint density at radius 2 is 2.07 bits per heavy atom. The smallest absolute Gasteiger partial charge is 0.0782 e. The minimum Gasteiger partial charge on any atom is -0.369 e. The third-order valence-electron chi connectivity index (χ3n) is 3.22. The first-order valence-electron chi connectivity index (χ1n) is 5.84. The second-order valence-electron chi connectivity index (χ2n) is 5.37. The molecule has 1 heterocycles. The number of hydrogen-bond donors (Lipinski definition) is 1. The van der Waals surface area contributed by atoms with E-state index in [0.717, 1.165) is 18.9 Å². The highest BCUT2D eigenvalue weighted by Gasteiger charge is 2.33. The number of rotatable bonds is 3. The van der Waals surface area contributed by atoms with Crippen LogP contribution < -0.4 is 5.32 Å². The zero-order valence-corrected chi connectivity index (χ0v) is 10.3. The van der Waals surface area contributed by atoms with Crippen molar-refractivity contribution in [3.05, 3.63) is 0 Å². The second-order valence-corrected chi connectivity index (χ2v) is 5.37. The molecule has 14 heavy (non-hydrogen) atoms. The van der Waals surface area contributed by atoms with Gasteiger partial charge in [0.1, 0.15) is 0 Å². The van der Waals surface area contributed by atoms with Crippen molar-refractivity contribution in [2.45, 2.75) is 65.2 Å². The number of ether oxygens (including phenoxy) is 1. The van der Waals surface area contributed by atoms with Crippen LogP contribution in [0.3, 0.4) is 0 Å². The summed E-state index contributed by atoms with van der Waals surface area (Å²) in [5, 5.41) is 3.52. The van der Waals surface area contributed by atoms with E-state index in [1.807, 2.05) is 0 Å². The first kappa shape index (κ1) is 12.0. The molecule has 0 spiro atoms. The monoisotopic (exact) mass is 199 g/mol. The Kier molecular flexibility index (Phi) is 3.96. The van der Waals surface area contributed by atoms with Crippen LogP contribution in [0.4, 0.5) is 0 Å². The molecule has 1 rings (SSSR count). The van der Waals surface area contributed by atoms with Gasteiger partial charge in [-0.25, -0.2) is 0 Å². The van der Waals surface area contributed by atoms with Crippen molar-refractivity contribution in [1.29, 1.82) is 0 Å². The molecule has 0 amide bonds. The SMILES string of the molecule is CC(C)CCC1(C)CNC(C)C(C)O1. The van der Waals surface area contributed by atoms with E-state index in [1.165, 1.54) is 6.42 Å². The van der Waals surface area contributed by atoms with E-state index in [4.69, 9.17) is 4.74 Å². The number of nitrogens with one attached hydrogen (secondary N) is 1. The van der Waals surface area contributed by atoms with Gasteiger partial charge in [-0.3, -0.25) is 0 Å². The topological polar surface area (TPSA) is 21.3 Å². The van der Waals surface area contributed by atoms with Crippen LogP contribution in [0.25, 0.3) is 0 Å². The van der Waals surface area contributed by atoms with Crippen LogP contribution in [0.5, 0.6) is 0 Å². The largest absolute Gasteiger partial charge is 0.369 e. The maximum absolute atomic E-state index is 6.07. The summed E-state index contributed by atoms with van der Waals surface area (Å²) in [6.45, 7) is 12.1. The molecule has 1 aliphatic rings. The van der Waals surface area contributed by atoms with E-state index < -0.39 is 0 Å². The predicted molar refractivity (Wildman–Crippen MR) is 60.5 cm³/mol. The third kappa shape index (κ3) is 3.25. The molecule has 0 aromatic carbocycles. The molecule has 1 aliphatic heterocycles. The molecule has 0 saturated carbocycles. The zero-order chi connectivity index (χ0) is 10.8. The fraction of sp³-hybridized carbons (Fsp3) is 1.00. The van der Waals surface area contributed by atoms with Crippen LogP contribution in [-0.4, -0.2) is 24.3 Å². The maximum Gasteiger partial charge on any atom is 0.0782 e. The first-order chi connectivity index (χ1) is 6.43. The van der Waals surface area contributed by atoms with Crippen LogP contribution in [0.1, 0.15) is 47.5 Å². The quantitative estimate of drug-likeness (QED) is 0.754. The van der Waals surface area contributed by atoms with Crippen molar-refractivity contribution in [3.63, 3.8) is 0 Å². The molecule has 2 heteroatoms. The molecule has 84 valence electrons. The van der Waals surface area contributed by atoms with Crippen LogP contribution in [0, 0.1) is 5.92 Å². The molecule has 2 nitrogen and oxygen atoms in total. The summed E-state index contributed by atoms with van der Waals surface area (Å²) in [7, 11) is 0. The van der Waals surface area contributed by atoms with Gasteiger partial charge in [0.25, 0.3) is 0 Å². The molecular weight excluding hydrogens is 174 g/mol. The molecular formula is C12H25NO. The lowest BCUT2D eigenvalue weighted by molar-refractivity contribution is -0.120. The summed E-state index contributed by atoms with van der Waals surface area (Å²) in [6, 6.07) is 0.488. The van der Waals surface area contributed by atoms with Gasteiger partial charge in [-0.15, -0.1) is 0 Å². The molecule has 1 N–H and O–H groups in total. The van der Waals surface area contributed by atoms with E-state index in [1.54, 1.807) is 0 Å². The second kappa shape index (κ2) is 4.63. The average Bonchev–Trinajstić information content (AvgIpc) is 2.09. The van der Waals surface area contributed by atoms with Gasteiger partial charge in [-0.05, 0) is 39.5 Å². The van der Waals surface area contributed by atoms with Crippen LogP contribution in [0.2, 0.25) is 0 Å². The highest BCUT2D eigenvalue weighted by atomic mass is 16.5. The molecule has 0 bridgehead atoms. The van der Waals surface area contributed by atoms with E-state index in [9.17, 15) is 0 Å². The van der Waals surface area contributed by atoms with Gasteiger partial charge < -0.3 is 10.1 Å². The molecule has 3 atom stereocenters. The predicted octanol–water partition coefficient (Wildman–Crippen LogP) is 2.58. The van der Waals surface area contributed by atoms with Crippen molar-refractivity contribution >= 4 is 0 Å². The number of hydrogen-bond acceptors (Lipinski definition) is 2. The summed E-state index contributed by atoms with van der Waals surface area (Å²) in [6.07, 6.45) is 2.74. The Bertz CT molecular complexity index is 181. The normalized spacial score (nSPS) is 39.0. The van der Waals surface area contributed by atoms with Crippen LogP contribution in [-0.2, 0) is 4.74 Å². The van der Waals surface area contributed by atoms with Crippen LogP contribution in [0.15, 0.2) is 0 Å². The highest BCUT2D eigenvalue weighted by Crippen LogP contribution is 2.25. The van der Waals surface area contributed by atoms with Crippen molar-refractivity contribution in [1.82, 2.24) is 5.32 Å². The summed E-state index contributed by atoms with van der Waals surface area (Å²) >= 11 is 0. The lowest BCUT2D eigenvalue weighted by Crippen LogP contribution is -2.55. The third-order valence-corrected chi connectivity index (χ3v) is 3.22. The zero-order valence-electron chi connectivity index (χ0n) is 10.3. The van der Waals surface area contributed by atoms with Crippen LogP contribution >= 0.6 is 0 Å². The lowest BCUT2D eigenvalue weighted by Gasteiger charge is -2.42. The Labute approximate surface area is 88.4 Å². The van der Waals surface area contributed by atoms with Crippen molar-refractivity contribution in [3.8, 4) is 0 Å². The Hall–Kier alpha value is -0.0800.